The van der Waals surface area contributed by atoms with Crippen LogP contribution in [0, 0.1) is 0 Å². The summed E-state index contributed by atoms with van der Waals surface area (Å²) >= 11 is 0. The summed E-state index contributed by atoms with van der Waals surface area (Å²) < 4.78 is 14.2. The SMILES string of the molecule is CC[N+](CC)(CC)CCOCCCCCCCCCCCCOCC[N+](CC)(CC)CC.[Br-].[Br-]. The van der Waals surface area contributed by atoms with Crippen molar-refractivity contribution in [2.45, 2.75) is 106 Å². The van der Waals surface area contributed by atoms with Crippen molar-refractivity contribution in [3.63, 3.8) is 0 Å². The summed E-state index contributed by atoms with van der Waals surface area (Å²) in [6.07, 6.45) is 13.5. The van der Waals surface area contributed by atoms with Crippen molar-refractivity contribution in [3.8, 4) is 0 Å². The molecule has 0 N–H and O–H groups in total. The lowest BCUT2D eigenvalue weighted by Crippen LogP contribution is -3.00. The van der Waals surface area contributed by atoms with E-state index >= 15 is 0 Å². The summed E-state index contributed by atoms with van der Waals surface area (Å²) in [5.74, 6) is 0. The van der Waals surface area contributed by atoms with Crippen LogP contribution >= 0.6 is 0 Å². The molecule has 0 atom stereocenters. The summed E-state index contributed by atoms with van der Waals surface area (Å²) in [5, 5.41) is 0. The quantitative estimate of drug-likeness (QED) is 0.111. The van der Waals surface area contributed by atoms with Gasteiger partial charge in [-0.25, -0.2) is 0 Å². The van der Waals surface area contributed by atoms with Crippen molar-refractivity contribution in [3.05, 3.63) is 0 Å². The number of nitrogens with zero attached hydrogens (tertiary/aromatic N) is 2. The highest BCUT2D eigenvalue weighted by atomic mass is 79.9. The fraction of sp³-hybridized carbons (Fsp3) is 1.00. The van der Waals surface area contributed by atoms with Gasteiger partial charge in [0, 0.05) is 13.2 Å². The molecule has 4 nitrogen and oxygen atoms in total. The molecule has 0 fully saturated rings. The lowest BCUT2D eigenvalue weighted by molar-refractivity contribution is -0.923. The topological polar surface area (TPSA) is 18.5 Å². The van der Waals surface area contributed by atoms with Gasteiger partial charge in [-0.1, -0.05) is 51.4 Å². The van der Waals surface area contributed by atoms with Crippen LogP contribution in [-0.2, 0) is 9.47 Å². The number of halogens is 2. The molecule has 0 bridgehead atoms. The van der Waals surface area contributed by atoms with E-state index < -0.39 is 0 Å². The minimum absolute atomic E-state index is 0. The highest BCUT2D eigenvalue weighted by molar-refractivity contribution is 4.49. The highest BCUT2D eigenvalue weighted by Gasteiger charge is 2.20. The summed E-state index contributed by atoms with van der Waals surface area (Å²) in [7, 11) is 0. The summed E-state index contributed by atoms with van der Waals surface area (Å²) in [6, 6.07) is 0. The minimum Gasteiger partial charge on any atom is -1.00 e. The van der Waals surface area contributed by atoms with Gasteiger partial charge in [-0.05, 0) is 54.4 Å². The van der Waals surface area contributed by atoms with Crippen molar-refractivity contribution in [2.75, 3.05) is 78.8 Å². The van der Waals surface area contributed by atoms with Crippen LogP contribution < -0.4 is 34.0 Å². The fourth-order valence-electron chi connectivity index (χ4n) is 4.83. The molecule has 0 saturated carbocycles. The van der Waals surface area contributed by atoms with Crippen LogP contribution in [0.5, 0.6) is 0 Å². The van der Waals surface area contributed by atoms with E-state index in [2.05, 4.69) is 41.5 Å². The predicted molar refractivity (Wildman–Crippen MR) is 141 cm³/mol. The molecule has 0 aromatic rings. The first-order valence-electron chi connectivity index (χ1n) is 14.4. The second-order valence-electron chi connectivity index (χ2n) is 9.79. The average Bonchev–Trinajstić information content (AvgIpc) is 2.84. The Morgan fingerprint density at radius 1 is 0.353 bits per heavy atom. The lowest BCUT2D eigenvalue weighted by atomic mass is 10.1. The maximum atomic E-state index is 5.91. The molecule has 0 aromatic carbocycles. The Balaban J connectivity index is -0.00000480. The third-order valence-electron chi connectivity index (χ3n) is 8.27. The molecular formula is C28H62Br2N2O2. The first-order valence-corrected chi connectivity index (χ1v) is 14.4. The Labute approximate surface area is 236 Å². The zero-order chi connectivity index (χ0) is 24.0. The van der Waals surface area contributed by atoms with E-state index in [-0.39, 0.29) is 34.0 Å². The first kappa shape index (κ1) is 39.3. The number of quaternary nitrogens is 2. The van der Waals surface area contributed by atoms with Gasteiger partial charge in [0.05, 0.1) is 52.5 Å². The van der Waals surface area contributed by atoms with Crippen molar-refractivity contribution in [1.82, 2.24) is 0 Å². The predicted octanol–water partition coefficient (Wildman–Crippen LogP) is 0.682. The molecule has 210 valence electrons. The normalized spacial score (nSPS) is 11.8. The monoisotopic (exact) mass is 616 g/mol. The Bertz CT molecular complexity index is 340. The van der Waals surface area contributed by atoms with Crippen LogP contribution in [0.4, 0.5) is 0 Å². The van der Waals surface area contributed by atoms with Crippen LogP contribution in [-0.4, -0.2) is 87.8 Å². The summed E-state index contributed by atoms with van der Waals surface area (Å²) in [6.45, 7) is 27.3. The second-order valence-corrected chi connectivity index (χ2v) is 9.79. The standard InChI is InChI=1S/C28H62N2O2.2BrH/c1-7-29(8-2,9-3)23-27-31-25-21-19-17-15-13-14-16-18-20-22-26-32-28-24-30(10-4,11-5)12-6;;/h7-28H2,1-6H3;2*1H/q+2;;/p-2. The van der Waals surface area contributed by atoms with Crippen LogP contribution in [0.2, 0.25) is 0 Å². The van der Waals surface area contributed by atoms with Crippen molar-refractivity contribution in [2.24, 2.45) is 0 Å². The Morgan fingerprint density at radius 2 is 0.588 bits per heavy atom. The van der Waals surface area contributed by atoms with E-state index in [1.807, 2.05) is 0 Å². The number of hydrogen-bond acceptors (Lipinski definition) is 2. The van der Waals surface area contributed by atoms with E-state index in [0.717, 1.165) is 26.4 Å². The van der Waals surface area contributed by atoms with E-state index in [4.69, 9.17) is 9.47 Å². The molecule has 0 amide bonds. The molecule has 0 saturated heterocycles. The molecule has 34 heavy (non-hydrogen) atoms. The molecule has 0 unspecified atom stereocenters. The van der Waals surface area contributed by atoms with Gasteiger partial charge >= 0.3 is 0 Å². The van der Waals surface area contributed by atoms with Gasteiger partial charge in [0.1, 0.15) is 13.1 Å². The van der Waals surface area contributed by atoms with Gasteiger partial charge in [-0.15, -0.1) is 0 Å². The van der Waals surface area contributed by atoms with Gasteiger partial charge in [-0.3, -0.25) is 0 Å². The molecule has 0 aliphatic heterocycles. The van der Waals surface area contributed by atoms with E-state index in [0.29, 0.717) is 0 Å². The molecule has 0 heterocycles. The Kier molecular flexibility index (Phi) is 31.0. The first-order chi connectivity index (χ1) is 15.6. The molecular weight excluding hydrogens is 556 g/mol. The molecule has 0 spiro atoms. The minimum atomic E-state index is 0. The molecule has 0 aromatic heterocycles. The van der Waals surface area contributed by atoms with Crippen LogP contribution in [0.3, 0.4) is 0 Å². The van der Waals surface area contributed by atoms with Gasteiger partial charge in [0.25, 0.3) is 0 Å². The van der Waals surface area contributed by atoms with Crippen LogP contribution in [0.15, 0.2) is 0 Å². The molecule has 0 aliphatic rings. The maximum Gasteiger partial charge on any atom is 0.102 e. The lowest BCUT2D eigenvalue weighted by Gasteiger charge is -2.35. The molecule has 0 radical (unpaired) electrons. The molecule has 6 heteroatoms. The number of likely N-dealkylation sites (N-methyl/N-ethyl adjacent to an activating group) is 2. The van der Waals surface area contributed by atoms with Crippen molar-refractivity contribution >= 4 is 0 Å². The van der Waals surface area contributed by atoms with Crippen molar-refractivity contribution in [1.29, 1.82) is 0 Å². The average molecular weight is 619 g/mol. The van der Waals surface area contributed by atoms with E-state index in [1.54, 1.807) is 0 Å². The molecule has 0 rings (SSSR count). The third kappa shape index (κ3) is 19.0. The van der Waals surface area contributed by atoms with Gasteiger partial charge in [-0.2, -0.15) is 0 Å². The maximum absolute atomic E-state index is 5.91. The smallest absolute Gasteiger partial charge is 0.102 e. The fourth-order valence-corrected chi connectivity index (χ4v) is 4.83. The van der Waals surface area contributed by atoms with Crippen molar-refractivity contribution < 1.29 is 52.4 Å². The Morgan fingerprint density at radius 3 is 0.824 bits per heavy atom. The summed E-state index contributed by atoms with van der Waals surface area (Å²) in [4.78, 5) is 0. The number of ether oxygens (including phenoxy) is 2. The van der Waals surface area contributed by atoms with Gasteiger partial charge in [0.2, 0.25) is 0 Å². The highest BCUT2D eigenvalue weighted by Crippen LogP contribution is 2.11. The van der Waals surface area contributed by atoms with E-state index in [1.165, 1.54) is 126 Å². The second kappa shape index (κ2) is 26.9. The Hall–Kier alpha value is 0.800. The number of hydrogen-bond donors (Lipinski definition) is 0. The summed E-state index contributed by atoms with van der Waals surface area (Å²) in [5.41, 5.74) is 0. The van der Waals surface area contributed by atoms with Crippen LogP contribution in [0.1, 0.15) is 106 Å². The zero-order valence-corrected chi connectivity index (χ0v) is 27.2. The van der Waals surface area contributed by atoms with Gasteiger partial charge in [0.15, 0.2) is 0 Å². The number of unbranched alkanes of at least 4 members (excludes halogenated alkanes) is 9. The number of rotatable bonds is 25. The van der Waals surface area contributed by atoms with Gasteiger partial charge < -0.3 is 52.4 Å². The molecule has 0 aliphatic carbocycles. The largest absolute Gasteiger partial charge is 1.00 e. The van der Waals surface area contributed by atoms with E-state index in [9.17, 15) is 0 Å². The van der Waals surface area contributed by atoms with Crippen LogP contribution in [0.25, 0.3) is 0 Å². The zero-order valence-electron chi connectivity index (χ0n) is 24.0. The third-order valence-corrected chi connectivity index (χ3v) is 8.27.